The van der Waals surface area contributed by atoms with Crippen LogP contribution in [0.3, 0.4) is 0 Å². The highest BCUT2D eigenvalue weighted by atomic mass is 79.9. The summed E-state index contributed by atoms with van der Waals surface area (Å²) in [5.41, 5.74) is 0.457. The van der Waals surface area contributed by atoms with Gasteiger partial charge in [0, 0.05) is 10.5 Å². The molecule has 6 nitrogen and oxygen atoms in total. The van der Waals surface area contributed by atoms with E-state index in [0.29, 0.717) is 4.47 Å². The third-order valence-electron chi connectivity index (χ3n) is 2.70. The number of nitrogens with zero attached hydrogens (tertiary/aromatic N) is 1. The van der Waals surface area contributed by atoms with E-state index in [1.165, 1.54) is 24.3 Å². The predicted octanol–water partition coefficient (Wildman–Crippen LogP) is 4.16. The summed E-state index contributed by atoms with van der Waals surface area (Å²) >= 11 is 3.14. The largest absolute Gasteiger partial charge is 0.478 e. The second kappa shape index (κ2) is 5.92. The van der Waals surface area contributed by atoms with Gasteiger partial charge in [0.05, 0.1) is 4.92 Å². The Bertz CT molecular complexity index is 668. The average Bonchev–Trinajstić information content (AvgIpc) is 2.42. The molecule has 0 aliphatic carbocycles. The number of carboxylic acids is 1. The van der Waals surface area contributed by atoms with E-state index in [9.17, 15) is 14.9 Å². The molecular formula is C14H10BrNO5. The Morgan fingerprint density at radius 1 is 1.24 bits per heavy atom. The number of ether oxygens (including phenoxy) is 1. The van der Waals surface area contributed by atoms with E-state index in [1.807, 2.05) is 0 Å². The predicted molar refractivity (Wildman–Crippen MR) is 79.0 cm³/mol. The molecule has 0 fully saturated rings. The summed E-state index contributed by atoms with van der Waals surface area (Å²) < 4.78 is 5.96. The number of hydrogen-bond acceptors (Lipinski definition) is 4. The molecule has 0 spiro atoms. The van der Waals surface area contributed by atoms with Crippen LogP contribution in [0.1, 0.15) is 15.9 Å². The molecule has 1 N–H and O–H groups in total. The number of nitro groups is 1. The van der Waals surface area contributed by atoms with Gasteiger partial charge < -0.3 is 9.84 Å². The number of carbonyl (C=O) groups is 1. The SMILES string of the molecule is Cc1ccc(Oc2ccc(Br)cc2[N+](=O)[O-])c(C(=O)O)c1. The van der Waals surface area contributed by atoms with Crippen LogP contribution in [0.25, 0.3) is 0 Å². The summed E-state index contributed by atoms with van der Waals surface area (Å²) in [5, 5.41) is 20.2. The number of benzene rings is 2. The van der Waals surface area contributed by atoms with Gasteiger partial charge >= 0.3 is 11.7 Å². The van der Waals surface area contributed by atoms with Crippen LogP contribution in [0.4, 0.5) is 5.69 Å². The first kappa shape index (κ1) is 15.0. The van der Waals surface area contributed by atoms with Gasteiger partial charge in [0.2, 0.25) is 5.75 Å². The van der Waals surface area contributed by atoms with Gasteiger partial charge in [-0.2, -0.15) is 0 Å². The van der Waals surface area contributed by atoms with Gasteiger partial charge in [-0.15, -0.1) is 0 Å². The summed E-state index contributed by atoms with van der Waals surface area (Å²) in [6, 6.07) is 8.88. The third kappa shape index (κ3) is 3.38. The van der Waals surface area contributed by atoms with Gasteiger partial charge in [-0.3, -0.25) is 10.1 Å². The van der Waals surface area contributed by atoms with Crippen molar-refractivity contribution in [1.82, 2.24) is 0 Å². The zero-order valence-electron chi connectivity index (χ0n) is 10.9. The monoisotopic (exact) mass is 351 g/mol. The number of nitro benzene ring substituents is 1. The number of halogens is 1. The van der Waals surface area contributed by atoms with Crippen molar-refractivity contribution in [3.05, 3.63) is 62.1 Å². The molecule has 2 rings (SSSR count). The molecule has 0 heterocycles. The smallest absolute Gasteiger partial charge is 0.339 e. The molecule has 0 unspecified atom stereocenters. The van der Waals surface area contributed by atoms with Crippen molar-refractivity contribution in [1.29, 1.82) is 0 Å². The van der Waals surface area contributed by atoms with E-state index in [2.05, 4.69) is 15.9 Å². The highest BCUT2D eigenvalue weighted by Crippen LogP contribution is 2.35. The lowest BCUT2D eigenvalue weighted by Gasteiger charge is -2.10. The average molecular weight is 352 g/mol. The molecule has 0 atom stereocenters. The normalized spacial score (nSPS) is 10.2. The van der Waals surface area contributed by atoms with Gasteiger partial charge in [-0.1, -0.05) is 27.6 Å². The first-order chi connectivity index (χ1) is 9.88. The summed E-state index contributed by atoms with van der Waals surface area (Å²) in [6.07, 6.45) is 0. The van der Waals surface area contributed by atoms with Crippen LogP contribution < -0.4 is 4.74 Å². The van der Waals surface area contributed by atoms with Crippen LogP contribution in [-0.4, -0.2) is 16.0 Å². The number of aromatic carboxylic acids is 1. The van der Waals surface area contributed by atoms with E-state index in [0.717, 1.165) is 5.56 Å². The number of carboxylic acid groups (broad SMARTS) is 1. The highest BCUT2D eigenvalue weighted by molar-refractivity contribution is 9.10. The maximum absolute atomic E-state index is 11.2. The lowest BCUT2D eigenvalue weighted by molar-refractivity contribution is -0.385. The van der Waals surface area contributed by atoms with E-state index in [4.69, 9.17) is 9.84 Å². The fourth-order valence-corrected chi connectivity index (χ4v) is 2.09. The minimum atomic E-state index is -1.16. The summed E-state index contributed by atoms with van der Waals surface area (Å²) in [6.45, 7) is 1.75. The molecule has 0 radical (unpaired) electrons. The molecular weight excluding hydrogens is 342 g/mol. The van der Waals surface area contributed by atoms with E-state index in [1.54, 1.807) is 19.1 Å². The van der Waals surface area contributed by atoms with Crippen LogP contribution >= 0.6 is 15.9 Å². The van der Waals surface area contributed by atoms with Crippen molar-refractivity contribution >= 4 is 27.6 Å². The van der Waals surface area contributed by atoms with E-state index < -0.39 is 10.9 Å². The van der Waals surface area contributed by atoms with Gasteiger partial charge in [0.15, 0.2) is 0 Å². The van der Waals surface area contributed by atoms with Crippen molar-refractivity contribution < 1.29 is 19.6 Å². The molecule has 0 saturated carbocycles. The topological polar surface area (TPSA) is 89.7 Å². The first-order valence-electron chi connectivity index (χ1n) is 5.84. The zero-order chi connectivity index (χ0) is 15.6. The van der Waals surface area contributed by atoms with E-state index >= 15 is 0 Å². The summed E-state index contributed by atoms with van der Waals surface area (Å²) in [7, 11) is 0. The maximum atomic E-state index is 11.2. The molecule has 0 aliphatic heterocycles. The molecule has 2 aromatic rings. The van der Waals surface area contributed by atoms with E-state index in [-0.39, 0.29) is 22.7 Å². The fourth-order valence-electron chi connectivity index (χ4n) is 1.74. The highest BCUT2D eigenvalue weighted by Gasteiger charge is 2.19. The third-order valence-corrected chi connectivity index (χ3v) is 3.20. The molecule has 0 aromatic heterocycles. The molecule has 0 amide bonds. The minimum absolute atomic E-state index is 0.0189. The Morgan fingerprint density at radius 2 is 1.90 bits per heavy atom. The van der Waals surface area contributed by atoms with Crippen LogP contribution in [0.2, 0.25) is 0 Å². The molecule has 0 bridgehead atoms. The lowest BCUT2D eigenvalue weighted by atomic mass is 10.1. The molecule has 0 aliphatic rings. The Labute approximate surface area is 128 Å². The van der Waals surface area contributed by atoms with Crippen LogP contribution in [0.15, 0.2) is 40.9 Å². The Morgan fingerprint density at radius 3 is 2.52 bits per heavy atom. The van der Waals surface area contributed by atoms with Crippen LogP contribution in [-0.2, 0) is 0 Å². The summed E-state index contributed by atoms with van der Waals surface area (Å²) in [4.78, 5) is 21.7. The van der Waals surface area contributed by atoms with Crippen molar-refractivity contribution in [2.75, 3.05) is 0 Å². The maximum Gasteiger partial charge on any atom is 0.339 e. The van der Waals surface area contributed by atoms with Crippen molar-refractivity contribution in [3.8, 4) is 11.5 Å². The van der Waals surface area contributed by atoms with Gasteiger partial charge in [0.1, 0.15) is 11.3 Å². The quantitative estimate of drug-likeness (QED) is 0.659. The number of aryl methyl sites for hydroxylation is 1. The fraction of sp³-hybridized carbons (Fsp3) is 0.0714. The second-order valence-electron chi connectivity index (χ2n) is 4.28. The standard InChI is InChI=1S/C14H10BrNO5/c1-8-2-4-12(10(6-8)14(17)18)21-13-5-3-9(15)7-11(13)16(19)20/h2-7H,1H3,(H,17,18). The minimum Gasteiger partial charge on any atom is -0.478 e. The molecule has 7 heteroatoms. The van der Waals surface area contributed by atoms with Gasteiger partial charge in [-0.05, 0) is 31.2 Å². The van der Waals surface area contributed by atoms with Crippen LogP contribution in [0.5, 0.6) is 11.5 Å². The lowest BCUT2D eigenvalue weighted by Crippen LogP contribution is -2.01. The molecule has 2 aromatic carbocycles. The molecule has 0 saturated heterocycles. The first-order valence-corrected chi connectivity index (χ1v) is 6.63. The van der Waals surface area contributed by atoms with Gasteiger partial charge in [-0.25, -0.2) is 4.79 Å². The molecule has 21 heavy (non-hydrogen) atoms. The second-order valence-corrected chi connectivity index (χ2v) is 5.19. The van der Waals surface area contributed by atoms with Crippen molar-refractivity contribution in [3.63, 3.8) is 0 Å². The van der Waals surface area contributed by atoms with Crippen molar-refractivity contribution in [2.45, 2.75) is 6.92 Å². The Kier molecular flexibility index (Phi) is 4.23. The summed E-state index contributed by atoms with van der Waals surface area (Å²) in [5.74, 6) is -1.12. The molecule has 108 valence electrons. The zero-order valence-corrected chi connectivity index (χ0v) is 12.5. The Balaban J connectivity index is 2.48. The van der Waals surface area contributed by atoms with Gasteiger partial charge in [0.25, 0.3) is 0 Å². The number of rotatable bonds is 4. The van der Waals surface area contributed by atoms with Crippen LogP contribution in [0, 0.1) is 17.0 Å². The number of hydrogen-bond donors (Lipinski definition) is 1. The Hall–Kier alpha value is -2.41. The van der Waals surface area contributed by atoms with Crippen molar-refractivity contribution in [2.24, 2.45) is 0 Å².